The fourth-order valence-corrected chi connectivity index (χ4v) is 3.60. The second kappa shape index (κ2) is 5.04. The summed E-state index contributed by atoms with van der Waals surface area (Å²) in [5.41, 5.74) is 0.932. The standard InChI is InChI=1S/C15H20BrNO/c1-11(16)13-10-17(14(18)15(13,2)3)9-12-7-5-4-6-8-12/h4-8,11,13H,9-10H2,1-3H3/t11-,13+/m1/s1. The molecule has 0 N–H and O–H groups in total. The van der Waals surface area contributed by atoms with Crippen LogP contribution in [0.4, 0.5) is 0 Å². The van der Waals surface area contributed by atoms with Crippen molar-refractivity contribution in [2.45, 2.75) is 32.1 Å². The summed E-state index contributed by atoms with van der Waals surface area (Å²) in [5.74, 6) is 0.636. The molecule has 1 fully saturated rings. The van der Waals surface area contributed by atoms with E-state index >= 15 is 0 Å². The molecule has 3 heteroatoms. The number of hydrogen-bond donors (Lipinski definition) is 0. The molecule has 18 heavy (non-hydrogen) atoms. The lowest BCUT2D eigenvalue weighted by Gasteiger charge is -2.25. The van der Waals surface area contributed by atoms with E-state index in [1.54, 1.807) is 0 Å². The van der Waals surface area contributed by atoms with Gasteiger partial charge in [-0.25, -0.2) is 0 Å². The topological polar surface area (TPSA) is 20.3 Å². The van der Waals surface area contributed by atoms with Crippen LogP contribution in [0.15, 0.2) is 30.3 Å². The van der Waals surface area contributed by atoms with E-state index in [0.29, 0.717) is 10.7 Å². The van der Waals surface area contributed by atoms with Crippen molar-refractivity contribution in [2.75, 3.05) is 6.54 Å². The van der Waals surface area contributed by atoms with Gasteiger partial charge in [-0.3, -0.25) is 4.79 Å². The summed E-state index contributed by atoms with van der Waals surface area (Å²) >= 11 is 3.64. The lowest BCUT2D eigenvalue weighted by Crippen LogP contribution is -2.32. The summed E-state index contributed by atoms with van der Waals surface area (Å²) in [6, 6.07) is 10.2. The predicted octanol–water partition coefficient (Wildman–Crippen LogP) is 3.45. The zero-order chi connectivity index (χ0) is 13.3. The number of carbonyl (C=O) groups is 1. The van der Waals surface area contributed by atoms with Crippen LogP contribution < -0.4 is 0 Å². The first-order valence-corrected chi connectivity index (χ1v) is 7.32. The fraction of sp³-hybridized carbons (Fsp3) is 0.533. The number of alkyl halides is 1. The molecular formula is C15H20BrNO. The van der Waals surface area contributed by atoms with Gasteiger partial charge in [-0.15, -0.1) is 0 Å². The number of carbonyl (C=O) groups excluding carboxylic acids is 1. The minimum Gasteiger partial charge on any atom is -0.338 e. The van der Waals surface area contributed by atoms with Gasteiger partial charge in [-0.1, -0.05) is 67.0 Å². The smallest absolute Gasteiger partial charge is 0.228 e. The molecule has 1 aromatic rings. The van der Waals surface area contributed by atoms with Crippen molar-refractivity contribution in [3.8, 4) is 0 Å². The van der Waals surface area contributed by atoms with E-state index in [1.807, 2.05) is 23.1 Å². The summed E-state index contributed by atoms with van der Waals surface area (Å²) in [7, 11) is 0. The van der Waals surface area contributed by atoms with Crippen LogP contribution in [-0.2, 0) is 11.3 Å². The van der Waals surface area contributed by atoms with Gasteiger partial charge in [0.25, 0.3) is 0 Å². The molecule has 0 unspecified atom stereocenters. The molecule has 0 saturated carbocycles. The van der Waals surface area contributed by atoms with Crippen LogP contribution in [0.25, 0.3) is 0 Å². The number of halogens is 1. The number of hydrogen-bond acceptors (Lipinski definition) is 1. The highest BCUT2D eigenvalue weighted by molar-refractivity contribution is 9.09. The van der Waals surface area contributed by atoms with E-state index in [0.717, 1.165) is 13.1 Å². The third-order valence-electron chi connectivity index (χ3n) is 3.95. The first-order chi connectivity index (χ1) is 8.43. The van der Waals surface area contributed by atoms with Crippen molar-refractivity contribution in [3.05, 3.63) is 35.9 Å². The highest BCUT2D eigenvalue weighted by Crippen LogP contribution is 2.41. The van der Waals surface area contributed by atoms with Crippen LogP contribution in [0.1, 0.15) is 26.3 Å². The molecule has 1 aliphatic rings. The van der Waals surface area contributed by atoms with Gasteiger partial charge < -0.3 is 4.90 Å². The minimum atomic E-state index is -0.266. The monoisotopic (exact) mass is 309 g/mol. The van der Waals surface area contributed by atoms with Crippen molar-refractivity contribution < 1.29 is 4.79 Å². The van der Waals surface area contributed by atoms with Crippen LogP contribution in [-0.4, -0.2) is 22.2 Å². The van der Waals surface area contributed by atoms with Gasteiger partial charge in [0.2, 0.25) is 5.91 Å². The van der Waals surface area contributed by atoms with Gasteiger partial charge in [0.1, 0.15) is 0 Å². The molecule has 0 bridgehead atoms. The SMILES string of the molecule is C[C@@H](Br)[C@@H]1CN(Cc2ccccc2)C(=O)C1(C)C. The molecule has 1 heterocycles. The zero-order valence-corrected chi connectivity index (χ0v) is 12.8. The quantitative estimate of drug-likeness (QED) is 0.783. The Morgan fingerprint density at radius 3 is 2.50 bits per heavy atom. The largest absolute Gasteiger partial charge is 0.338 e. The molecule has 2 nitrogen and oxygen atoms in total. The van der Waals surface area contributed by atoms with Crippen LogP contribution in [0.5, 0.6) is 0 Å². The molecule has 2 rings (SSSR count). The lowest BCUT2D eigenvalue weighted by molar-refractivity contribution is -0.135. The average molecular weight is 310 g/mol. The fourth-order valence-electron chi connectivity index (χ4n) is 2.77. The molecule has 0 aromatic heterocycles. The molecule has 1 aromatic carbocycles. The Labute approximate surface area is 117 Å². The van der Waals surface area contributed by atoms with Gasteiger partial charge in [0, 0.05) is 29.2 Å². The second-order valence-corrected chi connectivity index (χ2v) is 7.12. The Kier molecular flexibility index (Phi) is 3.81. The third kappa shape index (κ3) is 2.46. The van der Waals surface area contributed by atoms with Crippen LogP contribution >= 0.6 is 15.9 Å². The molecule has 0 aliphatic carbocycles. The van der Waals surface area contributed by atoms with E-state index in [9.17, 15) is 4.79 Å². The van der Waals surface area contributed by atoms with Crippen molar-refractivity contribution in [2.24, 2.45) is 11.3 Å². The molecule has 2 atom stereocenters. The van der Waals surface area contributed by atoms with Crippen LogP contribution in [0.2, 0.25) is 0 Å². The maximum atomic E-state index is 12.5. The number of likely N-dealkylation sites (tertiary alicyclic amines) is 1. The number of amides is 1. The summed E-state index contributed by atoms with van der Waals surface area (Å²) < 4.78 is 0. The Bertz CT molecular complexity index is 427. The van der Waals surface area contributed by atoms with Crippen molar-refractivity contribution in [1.82, 2.24) is 4.90 Å². The van der Waals surface area contributed by atoms with Gasteiger partial charge in [0.05, 0.1) is 0 Å². The first-order valence-electron chi connectivity index (χ1n) is 6.40. The Morgan fingerprint density at radius 1 is 1.39 bits per heavy atom. The summed E-state index contributed by atoms with van der Waals surface area (Å²) in [6.07, 6.45) is 0. The highest BCUT2D eigenvalue weighted by Gasteiger charge is 2.48. The minimum absolute atomic E-state index is 0.266. The van der Waals surface area contributed by atoms with Gasteiger partial charge in [0.15, 0.2) is 0 Å². The maximum absolute atomic E-state index is 12.5. The molecule has 1 saturated heterocycles. The van der Waals surface area contributed by atoms with Gasteiger partial charge >= 0.3 is 0 Å². The first kappa shape index (κ1) is 13.6. The van der Waals surface area contributed by atoms with E-state index in [4.69, 9.17) is 0 Å². The Morgan fingerprint density at radius 2 is 2.00 bits per heavy atom. The maximum Gasteiger partial charge on any atom is 0.228 e. The molecule has 98 valence electrons. The second-order valence-electron chi connectivity index (χ2n) is 5.68. The number of benzene rings is 1. The molecule has 0 radical (unpaired) electrons. The normalized spacial score (nSPS) is 24.3. The van der Waals surface area contributed by atoms with Gasteiger partial charge in [-0.05, 0) is 5.56 Å². The Balaban J connectivity index is 2.15. The van der Waals surface area contributed by atoms with E-state index < -0.39 is 0 Å². The molecule has 1 amide bonds. The van der Waals surface area contributed by atoms with E-state index in [-0.39, 0.29) is 11.3 Å². The van der Waals surface area contributed by atoms with Gasteiger partial charge in [-0.2, -0.15) is 0 Å². The number of nitrogens with zero attached hydrogens (tertiary/aromatic N) is 1. The summed E-state index contributed by atoms with van der Waals surface area (Å²) in [6.45, 7) is 7.81. The number of rotatable bonds is 3. The Hall–Kier alpha value is -0.830. The molecular weight excluding hydrogens is 290 g/mol. The molecule has 1 aliphatic heterocycles. The van der Waals surface area contributed by atoms with E-state index in [2.05, 4.69) is 48.8 Å². The zero-order valence-electron chi connectivity index (χ0n) is 11.2. The van der Waals surface area contributed by atoms with Crippen molar-refractivity contribution in [3.63, 3.8) is 0 Å². The molecule has 0 spiro atoms. The van der Waals surface area contributed by atoms with Crippen molar-refractivity contribution in [1.29, 1.82) is 0 Å². The van der Waals surface area contributed by atoms with Crippen LogP contribution in [0, 0.1) is 11.3 Å². The predicted molar refractivity (Wildman–Crippen MR) is 77.5 cm³/mol. The highest BCUT2D eigenvalue weighted by atomic mass is 79.9. The average Bonchev–Trinajstić information content (AvgIpc) is 2.54. The lowest BCUT2D eigenvalue weighted by atomic mass is 9.80. The summed E-state index contributed by atoms with van der Waals surface area (Å²) in [4.78, 5) is 14.8. The van der Waals surface area contributed by atoms with Crippen LogP contribution in [0.3, 0.4) is 0 Å². The third-order valence-corrected chi connectivity index (χ3v) is 4.59. The van der Waals surface area contributed by atoms with E-state index in [1.165, 1.54) is 5.56 Å². The summed E-state index contributed by atoms with van der Waals surface area (Å²) in [5, 5.41) is 0. The van der Waals surface area contributed by atoms with Crippen molar-refractivity contribution >= 4 is 21.8 Å².